The molecule has 8 rings (SSSR count). The highest BCUT2D eigenvalue weighted by Gasteiger charge is 2.72. The maximum Gasteiger partial charge on any atom is 0.301 e. The Labute approximate surface area is 219 Å². The van der Waals surface area contributed by atoms with E-state index in [-0.39, 0.29) is 22.7 Å². The van der Waals surface area contributed by atoms with Crippen LogP contribution in [0.1, 0.15) is 81.7 Å². The van der Waals surface area contributed by atoms with E-state index >= 15 is 0 Å². The summed E-state index contributed by atoms with van der Waals surface area (Å²) in [7, 11) is 2.95. The summed E-state index contributed by atoms with van der Waals surface area (Å²) in [5.74, 6) is 2.26. The lowest BCUT2D eigenvalue weighted by atomic mass is 9.45. The number of hydrogen-bond donors (Lipinski definition) is 0. The molecule has 7 heteroatoms. The van der Waals surface area contributed by atoms with Crippen molar-refractivity contribution in [2.45, 2.75) is 83.3 Å². The number of para-hydroxylation sites is 2. The third-order valence-corrected chi connectivity index (χ3v) is 11.8. The number of carbonyl (C=O) groups excluding carboxylic acids is 1. The van der Waals surface area contributed by atoms with Crippen LogP contribution in [0.3, 0.4) is 0 Å². The van der Waals surface area contributed by atoms with Gasteiger partial charge in [-0.3, -0.25) is 19.3 Å². The molecule has 2 heterocycles. The van der Waals surface area contributed by atoms with Crippen LogP contribution in [0.25, 0.3) is 11.0 Å². The summed E-state index contributed by atoms with van der Waals surface area (Å²) in [6, 6.07) is 9.02. The van der Waals surface area contributed by atoms with Crippen LogP contribution in [0, 0.1) is 28.6 Å². The second kappa shape index (κ2) is 8.12. The van der Waals surface area contributed by atoms with Gasteiger partial charge in [0.1, 0.15) is 0 Å². The van der Waals surface area contributed by atoms with Crippen molar-refractivity contribution in [1.82, 2.24) is 19.5 Å². The first kappa shape index (κ1) is 23.8. The number of hydrogen-bond acceptors (Lipinski definition) is 5. The molecule has 1 aromatic heterocycles. The highest BCUT2D eigenvalue weighted by Crippen LogP contribution is 2.70. The van der Waals surface area contributed by atoms with Gasteiger partial charge in [0.25, 0.3) is 5.56 Å². The molecule has 1 aliphatic heterocycles. The molecule has 5 aliphatic carbocycles. The first-order valence-electron chi connectivity index (χ1n) is 14.4. The van der Waals surface area contributed by atoms with E-state index in [1.165, 1.54) is 65.6 Å². The second-order valence-corrected chi connectivity index (χ2v) is 13.1. The van der Waals surface area contributed by atoms with Gasteiger partial charge in [-0.2, -0.15) is 0 Å². The number of amides is 1. The maximum atomic E-state index is 13.8. The fourth-order valence-electron chi connectivity index (χ4n) is 9.70. The average Bonchev–Trinajstić information content (AvgIpc) is 3.34. The van der Waals surface area contributed by atoms with Crippen molar-refractivity contribution in [3.05, 3.63) is 40.3 Å². The molecule has 7 nitrogen and oxygen atoms in total. The number of likely N-dealkylation sites (tertiary alicyclic amines) is 1. The van der Waals surface area contributed by atoms with Gasteiger partial charge in [0.2, 0.25) is 0 Å². The molecule has 6 fully saturated rings. The first-order valence-corrected chi connectivity index (χ1v) is 14.4. The van der Waals surface area contributed by atoms with Gasteiger partial charge >= 0.3 is 5.91 Å². The van der Waals surface area contributed by atoms with Crippen LogP contribution in [0.2, 0.25) is 0 Å². The van der Waals surface area contributed by atoms with E-state index in [4.69, 9.17) is 4.84 Å². The van der Waals surface area contributed by atoms with E-state index in [0.717, 1.165) is 34.8 Å². The summed E-state index contributed by atoms with van der Waals surface area (Å²) in [4.78, 5) is 39.2. The number of carbonyl (C=O) groups is 1. The Hall–Kier alpha value is -2.25. The monoisotopic (exact) mass is 504 g/mol. The molecule has 0 radical (unpaired) electrons. The van der Waals surface area contributed by atoms with E-state index in [1.807, 2.05) is 28.8 Å². The van der Waals surface area contributed by atoms with Gasteiger partial charge in [0, 0.05) is 30.6 Å². The number of nitrogens with zero attached hydrogens (tertiary/aromatic N) is 4. The molecule has 1 saturated heterocycles. The second-order valence-electron chi connectivity index (χ2n) is 13.1. The van der Waals surface area contributed by atoms with Crippen LogP contribution >= 0.6 is 0 Å². The molecule has 1 spiro atoms. The zero-order chi connectivity index (χ0) is 25.7. The number of piperidine rings is 1. The van der Waals surface area contributed by atoms with Gasteiger partial charge in [-0.1, -0.05) is 32.4 Å². The zero-order valence-electron chi connectivity index (χ0n) is 22.7. The van der Waals surface area contributed by atoms with Gasteiger partial charge in [-0.25, -0.2) is 10.0 Å². The molecule has 1 amide bonds. The standard InChI is InChI=1S/C30H40N4O3/c1-29(2)19-12-11-18(20(29)16-19)13-15-33-23-10-7-14-30(23)24(33)17-25(30)34-22-9-6-5-8-21(22)31-26(28(34)36)27(35)32(3)37-4/h5-6,8-9,18-20,23-25H,7,10-17H2,1-4H3/t18-,19-,20-,23+,24+,25+,30?/m0/s1. The predicted octanol–water partition coefficient (Wildman–Crippen LogP) is 4.66. The van der Waals surface area contributed by atoms with Gasteiger partial charge in [0.15, 0.2) is 5.69 Å². The van der Waals surface area contributed by atoms with Crippen LogP contribution < -0.4 is 5.56 Å². The molecule has 198 valence electrons. The van der Waals surface area contributed by atoms with Crippen LogP contribution in [0.15, 0.2) is 29.1 Å². The molecule has 5 saturated carbocycles. The predicted molar refractivity (Wildman–Crippen MR) is 142 cm³/mol. The summed E-state index contributed by atoms with van der Waals surface area (Å²) in [5, 5.41) is 1.09. The highest BCUT2D eigenvalue weighted by molar-refractivity contribution is 5.93. The van der Waals surface area contributed by atoms with E-state index < -0.39 is 5.91 Å². The molecule has 0 N–H and O–H groups in total. The molecule has 2 bridgehead atoms. The topological polar surface area (TPSA) is 67.7 Å². The molecule has 6 aliphatic rings. The summed E-state index contributed by atoms with van der Waals surface area (Å²) in [6.45, 7) is 6.21. The van der Waals surface area contributed by atoms with Gasteiger partial charge in [-0.05, 0) is 86.8 Å². The van der Waals surface area contributed by atoms with Crippen LogP contribution in [0.4, 0.5) is 0 Å². The minimum Gasteiger partial charge on any atom is -0.301 e. The third kappa shape index (κ3) is 3.04. The minimum atomic E-state index is -0.493. The third-order valence-electron chi connectivity index (χ3n) is 11.8. The number of hydroxylamine groups is 2. The fourth-order valence-corrected chi connectivity index (χ4v) is 9.70. The number of aromatic nitrogens is 2. The summed E-state index contributed by atoms with van der Waals surface area (Å²) < 4.78 is 1.93. The molecule has 1 aromatic carbocycles. The average molecular weight is 505 g/mol. The van der Waals surface area contributed by atoms with E-state index in [9.17, 15) is 9.59 Å². The SMILES string of the molecule is CON(C)C(=O)c1nc2ccccc2n([C@@H]2C[C@H]3N(CC[C@@H]4CC[C@H]5C[C@@H]4C5(C)C)[C@@H]4CCCC432)c1=O. The van der Waals surface area contributed by atoms with Gasteiger partial charge < -0.3 is 4.57 Å². The largest absolute Gasteiger partial charge is 0.301 e. The van der Waals surface area contributed by atoms with E-state index in [0.29, 0.717) is 23.0 Å². The van der Waals surface area contributed by atoms with Crippen molar-refractivity contribution in [3.8, 4) is 0 Å². The fraction of sp³-hybridized carbons (Fsp3) is 0.700. The van der Waals surface area contributed by atoms with Crippen LogP contribution in [-0.4, -0.2) is 58.2 Å². The summed E-state index contributed by atoms with van der Waals surface area (Å²) in [6.07, 6.45) is 10.2. The van der Waals surface area contributed by atoms with Crippen molar-refractivity contribution < 1.29 is 9.63 Å². The maximum absolute atomic E-state index is 13.8. The molecule has 2 aromatic rings. The zero-order valence-corrected chi connectivity index (χ0v) is 22.7. The van der Waals surface area contributed by atoms with E-state index in [2.05, 4.69) is 23.7 Å². The van der Waals surface area contributed by atoms with Crippen LogP contribution in [-0.2, 0) is 4.84 Å². The molecular weight excluding hydrogens is 464 g/mol. The number of rotatable bonds is 6. The van der Waals surface area contributed by atoms with Crippen molar-refractivity contribution in [2.24, 2.45) is 28.6 Å². The molecule has 7 atom stereocenters. The number of fused-ring (bicyclic) bond motifs is 3. The summed E-state index contributed by atoms with van der Waals surface area (Å²) >= 11 is 0. The lowest BCUT2D eigenvalue weighted by Gasteiger charge is -2.72. The number of benzene rings is 1. The smallest absolute Gasteiger partial charge is 0.301 e. The Kier molecular flexibility index (Phi) is 5.23. The molecule has 1 unspecified atom stereocenters. The van der Waals surface area contributed by atoms with Gasteiger partial charge in [0.05, 0.1) is 18.1 Å². The quantitative estimate of drug-likeness (QED) is 0.536. The van der Waals surface area contributed by atoms with Crippen molar-refractivity contribution in [3.63, 3.8) is 0 Å². The van der Waals surface area contributed by atoms with Crippen LogP contribution in [0.5, 0.6) is 0 Å². The van der Waals surface area contributed by atoms with Crippen molar-refractivity contribution >= 4 is 16.9 Å². The molecular formula is C30H40N4O3. The van der Waals surface area contributed by atoms with Crippen molar-refractivity contribution in [2.75, 3.05) is 20.7 Å². The normalized spacial score (nSPS) is 37.2. The highest BCUT2D eigenvalue weighted by atomic mass is 16.7. The lowest BCUT2D eigenvalue weighted by molar-refractivity contribution is -0.226. The minimum absolute atomic E-state index is 0.0488. The Morgan fingerprint density at radius 2 is 1.95 bits per heavy atom. The Balaban J connectivity index is 1.17. The Bertz CT molecular complexity index is 1320. The summed E-state index contributed by atoms with van der Waals surface area (Å²) in [5.41, 5.74) is 1.92. The molecule has 37 heavy (non-hydrogen) atoms. The lowest BCUT2D eigenvalue weighted by Crippen LogP contribution is -2.79. The van der Waals surface area contributed by atoms with Crippen molar-refractivity contribution in [1.29, 1.82) is 0 Å². The van der Waals surface area contributed by atoms with E-state index in [1.54, 1.807) is 0 Å². The Morgan fingerprint density at radius 3 is 2.70 bits per heavy atom. The first-order chi connectivity index (χ1) is 17.8. The van der Waals surface area contributed by atoms with Gasteiger partial charge in [-0.15, -0.1) is 0 Å². The Morgan fingerprint density at radius 1 is 1.14 bits per heavy atom.